The first kappa shape index (κ1) is 14.6. The maximum absolute atomic E-state index is 11.6. The normalized spacial score (nSPS) is 11.5. The van der Waals surface area contributed by atoms with Gasteiger partial charge >= 0.3 is 5.97 Å². The summed E-state index contributed by atoms with van der Waals surface area (Å²) in [5.74, 6) is -0.248. The van der Waals surface area contributed by atoms with Crippen molar-refractivity contribution in [2.45, 2.75) is 33.9 Å². The topological polar surface area (TPSA) is 31.2 Å². The zero-order chi connectivity index (χ0) is 15.7. The fourth-order valence-corrected chi connectivity index (χ4v) is 2.85. The van der Waals surface area contributed by atoms with Crippen molar-refractivity contribution in [3.63, 3.8) is 0 Å². The molecule has 114 valence electrons. The van der Waals surface area contributed by atoms with Gasteiger partial charge < -0.3 is 9.30 Å². The zero-order valence-corrected chi connectivity index (χ0v) is 13.3. The molecule has 3 rings (SSSR count). The molecule has 3 heteroatoms. The van der Waals surface area contributed by atoms with Crippen molar-refractivity contribution in [1.82, 2.24) is 4.57 Å². The molecule has 22 heavy (non-hydrogen) atoms. The molecule has 1 aromatic heterocycles. The fraction of sp³-hybridized carbons (Fsp3) is 0.316. The second kappa shape index (κ2) is 5.84. The first-order valence-electron chi connectivity index (χ1n) is 7.78. The molecule has 2 aromatic carbocycles. The highest BCUT2D eigenvalue weighted by atomic mass is 16.5. The van der Waals surface area contributed by atoms with E-state index in [4.69, 9.17) is 4.74 Å². The molecule has 0 saturated heterocycles. The van der Waals surface area contributed by atoms with Gasteiger partial charge in [-0.1, -0.05) is 38.1 Å². The average molecular weight is 295 g/mol. The highest BCUT2D eigenvalue weighted by Gasteiger charge is 2.11. The molecule has 3 nitrogen and oxygen atoms in total. The van der Waals surface area contributed by atoms with E-state index in [1.54, 1.807) is 0 Å². The van der Waals surface area contributed by atoms with Gasteiger partial charge in [-0.05, 0) is 30.7 Å². The molecular formula is C19H21NO2. The molecule has 0 fully saturated rings. The Balaban J connectivity index is 2.02. The number of aryl methyl sites for hydroxylation is 1. The number of hydrogen-bond donors (Lipinski definition) is 0. The minimum atomic E-state index is -0.156. The van der Waals surface area contributed by atoms with Crippen molar-refractivity contribution in [2.24, 2.45) is 5.92 Å². The number of esters is 1. The van der Waals surface area contributed by atoms with E-state index < -0.39 is 0 Å². The van der Waals surface area contributed by atoms with E-state index in [2.05, 4.69) is 47.9 Å². The van der Waals surface area contributed by atoms with Crippen molar-refractivity contribution >= 4 is 27.8 Å². The van der Waals surface area contributed by atoms with E-state index in [-0.39, 0.29) is 11.9 Å². The number of nitrogens with zero attached hydrogens (tertiary/aromatic N) is 1. The summed E-state index contributed by atoms with van der Waals surface area (Å²) in [6.45, 7) is 7.12. The van der Waals surface area contributed by atoms with Gasteiger partial charge in [-0.15, -0.1) is 0 Å². The Bertz CT molecular complexity index is 830. The van der Waals surface area contributed by atoms with Gasteiger partial charge in [0.25, 0.3) is 0 Å². The molecule has 0 saturated carbocycles. The average Bonchev–Trinajstić information content (AvgIpc) is 2.85. The third-order valence-electron chi connectivity index (χ3n) is 4.01. The lowest BCUT2D eigenvalue weighted by molar-refractivity contribution is -0.148. The molecule has 3 aromatic rings. The summed E-state index contributed by atoms with van der Waals surface area (Å²) in [7, 11) is 0. The van der Waals surface area contributed by atoms with Crippen LogP contribution in [0.5, 0.6) is 0 Å². The quantitative estimate of drug-likeness (QED) is 0.663. The summed E-state index contributed by atoms with van der Waals surface area (Å²) in [5.41, 5.74) is 3.50. The highest BCUT2D eigenvalue weighted by Crippen LogP contribution is 2.29. The number of aromatic nitrogens is 1. The summed E-state index contributed by atoms with van der Waals surface area (Å²) in [4.78, 5) is 11.6. The molecule has 0 aliphatic carbocycles. The number of carbonyl (C=O) groups is 1. The van der Waals surface area contributed by atoms with E-state index in [1.165, 1.54) is 21.8 Å². The number of hydrogen-bond acceptors (Lipinski definition) is 2. The molecular weight excluding hydrogens is 274 g/mol. The second-order valence-corrected chi connectivity index (χ2v) is 5.88. The van der Waals surface area contributed by atoms with Crippen LogP contribution in [0, 0.1) is 5.92 Å². The molecule has 0 bridgehead atoms. The Labute approximate surface area is 130 Å². The van der Waals surface area contributed by atoms with Crippen molar-refractivity contribution in [3.8, 4) is 0 Å². The van der Waals surface area contributed by atoms with E-state index in [1.807, 2.05) is 19.9 Å². The molecule has 0 unspecified atom stereocenters. The molecule has 1 heterocycles. The van der Waals surface area contributed by atoms with Crippen molar-refractivity contribution in [3.05, 3.63) is 48.0 Å². The molecule has 0 spiro atoms. The number of carbonyl (C=O) groups excluding carboxylic acids is 1. The van der Waals surface area contributed by atoms with Crippen LogP contribution in [0.1, 0.15) is 26.3 Å². The fourth-order valence-electron chi connectivity index (χ4n) is 2.85. The van der Waals surface area contributed by atoms with E-state index in [9.17, 15) is 4.79 Å². The van der Waals surface area contributed by atoms with E-state index in [0.29, 0.717) is 6.61 Å². The summed E-state index contributed by atoms with van der Waals surface area (Å²) in [6.07, 6.45) is 0. The summed E-state index contributed by atoms with van der Waals surface area (Å²) in [6, 6.07) is 14.7. The second-order valence-electron chi connectivity index (χ2n) is 5.88. The van der Waals surface area contributed by atoms with Gasteiger partial charge in [0.1, 0.15) is 6.61 Å². The predicted octanol–water partition coefficient (Wildman–Crippen LogP) is 4.51. The monoisotopic (exact) mass is 295 g/mol. The Kier molecular flexibility index (Phi) is 3.88. The van der Waals surface area contributed by atoms with Gasteiger partial charge in [-0.2, -0.15) is 0 Å². The van der Waals surface area contributed by atoms with Crippen LogP contribution in [0.3, 0.4) is 0 Å². The molecule has 0 N–H and O–H groups in total. The standard InChI is InChI=1S/C19H21NO2/c1-4-20-17-8-6-5-7-15(17)16-11-14(9-10-18(16)20)12-22-19(21)13(2)3/h5-11,13H,4,12H2,1-3H3. The van der Waals surface area contributed by atoms with Gasteiger partial charge in [0.2, 0.25) is 0 Å². The Morgan fingerprint density at radius 1 is 1.09 bits per heavy atom. The van der Waals surface area contributed by atoms with E-state index in [0.717, 1.165) is 12.1 Å². The van der Waals surface area contributed by atoms with E-state index >= 15 is 0 Å². The number of rotatable bonds is 4. The van der Waals surface area contributed by atoms with Crippen molar-refractivity contribution < 1.29 is 9.53 Å². The van der Waals surface area contributed by atoms with Crippen LogP contribution in [0.15, 0.2) is 42.5 Å². The summed E-state index contributed by atoms with van der Waals surface area (Å²) >= 11 is 0. The Morgan fingerprint density at radius 3 is 2.55 bits per heavy atom. The van der Waals surface area contributed by atoms with Crippen LogP contribution in [-0.4, -0.2) is 10.5 Å². The van der Waals surface area contributed by atoms with Crippen LogP contribution < -0.4 is 0 Å². The highest BCUT2D eigenvalue weighted by molar-refractivity contribution is 6.08. The number of benzene rings is 2. The third kappa shape index (κ3) is 2.47. The minimum absolute atomic E-state index is 0.0919. The number of para-hydroxylation sites is 1. The van der Waals surface area contributed by atoms with Gasteiger partial charge in [-0.25, -0.2) is 0 Å². The largest absolute Gasteiger partial charge is 0.461 e. The lowest BCUT2D eigenvalue weighted by atomic mass is 10.1. The smallest absolute Gasteiger partial charge is 0.308 e. The first-order valence-corrected chi connectivity index (χ1v) is 7.78. The lowest BCUT2D eigenvalue weighted by Gasteiger charge is -2.08. The van der Waals surface area contributed by atoms with Crippen LogP contribution in [-0.2, 0) is 22.7 Å². The number of ether oxygens (including phenoxy) is 1. The molecule has 0 amide bonds. The Hall–Kier alpha value is -2.29. The molecule has 0 aliphatic rings. The van der Waals surface area contributed by atoms with Crippen molar-refractivity contribution in [1.29, 1.82) is 0 Å². The summed E-state index contributed by atoms with van der Waals surface area (Å²) < 4.78 is 7.65. The minimum Gasteiger partial charge on any atom is -0.461 e. The molecule has 0 radical (unpaired) electrons. The predicted molar refractivity (Wildman–Crippen MR) is 89.8 cm³/mol. The zero-order valence-electron chi connectivity index (χ0n) is 13.3. The van der Waals surface area contributed by atoms with Gasteiger partial charge in [0.05, 0.1) is 5.92 Å². The molecule has 0 aliphatic heterocycles. The van der Waals surface area contributed by atoms with Gasteiger partial charge in [0.15, 0.2) is 0 Å². The van der Waals surface area contributed by atoms with Crippen LogP contribution in [0.25, 0.3) is 21.8 Å². The maximum Gasteiger partial charge on any atom is 0.308 e. The number of fused-ring (bicyclic) bond motifs is 3. The van der Waals surface area contributed by atoms with Gasteiger partial charge in [0, 0.05) is 28.4 Å². The van der Waals surface area contributed by atoms with Crippen molar-refractivity contribution in [2.75, 3.05) is 0 Å². The molecule has 0 atom stereocenters. The SMILES string of the molecule is CCn1c2ccccc2c2cc(COC(=O)C(C)C)ccc21. The third-order valence-corrected chi connectivity index (χ3v) is 4.01. The maximum atomic E-state index is 11.6. The van der Waals surface area contributed by atoms with Crippen LogP contribution >= 0.6 is 0 Å². The Morgan fingerprint density at radius 2 is 1.82 bits per heavy atom. The van der Waals surface area contributed by atoms with Crippen LogP contribution in [0.4, 0.5) is 0 Å². The lowest BCUT2D eigenvalue weighted by Crippen LogP contribution is -2.11. The van der Waals surface area contributed by atoms with Crippen LogP contribution in [0.2, 0.25) is 0 Å². The first-order chi connectivity index (χ1) is 10.6. The van der Waals surface area contributed by atoms with Gasteiger partial charge in [-0.3, -0.25) is 4.79 Å². The summed E-state index contributed by atoms with van der Waals surface area (Å²) in [5, 5.41) is 2.46.